The van der Waals surface area contributed by atoms with Gasteiger partial charge in [0, 0.05) is 25.2 Å². The molecule has 1 N–H and O–H groups in total. The number of hydrogen-bond acceptors (Lipinski definition) is 5. The van der Waals surface area contributed by atoms with Crippen LogP contribution < -0.4 is 5.32 Å². The van der Waals surface area contributed by atoms with Crippen molar-refractivity contribution in [1.82, 2.24) is 25.0 Å². The maximum atomic E-state index is 5.73. The highest BCUT2D eigenvalue weighted by molar-refractivity contribution is 5.21. The number of aromatic nitrogens is 3. The molecule has 102 valence electrons. The van der Waals surface area contributed by atoms with Gasteiger partial charge in [-0.2, -0.15) is 0 Å². The van der Waals surface area contributed by atoms with Crippen LogP contribution in [0, 0.1) is 6.92 Å². The fourth-order valence-corrected chi connectivity index (χ4v) is 2.50. The van der Waals surface area contributed by atoms with Crippen LogP contribution in [-0.2, 0) is 26.2 Å². The van der Waals surface area contributed by atoms with E-state index in [1.165, 1.54) is 5.56 Å². The van der Waals surface area contributed by atoms with E-state index in [-0.39, 0.29) is 0 Å². The van der Waals surface area contributed by atoms with Crippen molar-refractivity contribution in [3.05, 3.63) is 35.3 Å². The lowest BCUT2D eigenvalue weighted by molar-refractivity contribution is 0.207. The highest BCUT2D eigenvalue weighted by Crippen LogP contribution is 2.19. The van der Waals surface area contributed by atoms with Gasteiger partial charge in [0.15, 0.2) is 0 Å². The average molecular weight is 261 g/mol. The van der Waals surface area contributed by atoms with Crippen molar-refractivity contribution in [2.24, 2.45) is 0 Å². The van der Waals surface area contributed by atoms with E-state index in [2.05, 4.69) is 31.0 Å². The molecule has 1 aliphatic rings. The third-order valence-corrected chi connectivity index (χ3v) is 3.53. The quantitative estimate of drug-likeness (QED) is 0.886. The van der Waals surface area contributed by atoms with Gasteiger partial charge in [-0.15, -0.1) is 10.2 Å². The highest BCUT2D eigenvalue weighted by Gasteiger charge is 2.19. The lowest BCUT2D eigenvalue weighted by Crippen LogP contribution is -2.33. The van der Waals surface area contributed by atoms with Gasteiger partial charge in [-0.3, -0.25) is 4.90 Å². The maximum Gasteiger partial charge on any atom is 0.147 e. The fourth-order valence-electron chi connectivity index (χ4n) is 2.50. The summed E-state index contributed by atoms with van der Waals surface area (Å²) in [7, 11) is 1.93. The van der Waals surface area contributed by atoms with Crippen molar-refractivity contribution < 1.29 is 4.42 Å². The summed E-state index contributed by atoms with van der Waals surface area (Å²) in [5.41, 5.74) is 1.26. The fraction of sp³-hybridized carbons (Fsp3) is 0.538. The summed E-state index contributed by atoms with van der Waals surface area (Å²) in [6.45, 7) is 6.55. The van der Waals surface area contributed by atoms with Gasteiger partial charge in [0.25, 0.3) is 0 Å². The molecule has 3 rings (SSSR count). The number of nitrogens with zero attached hydrogens (tertiary/aromatic N) is 4. The Kier molecular flexibility index (Phi) is 3.35. The van der Waals surface area contributed by atoms with E-state index in [0.717, 1.165) is 50.1 Å². The SMILES string of the molecule is CNCc1cc(CN2CCn3cnnc3C2)c(C)o1. The molecule has 0 aliphatic carbocycles. The van der Waals surface area contributed by atoms with E-state index in [4.69, 9.17) is 4.42 Å². The van der Waals surface area contributed by atoms with Crippen LogP contribution in [0.3, 0.4) is 0 Å². The van der Waals surface area contributed by atoms with E-state index < -0.39 is 0 Å². The third-order valence-electron chi connectivity index (χ3n) is 3.53. The highest BCUT2D eigenvalue weighted by atomic mass is 16.3. The molecule has 1 aliphatic heterocycles. The van der Waals surface area contributed by atoms with Gasteiger partial charge < -0.3 is 14.3 Å². The van der Waals surface area contributed by atoms with E-state index in [1.807, 2.05) is 14.0 Å². The largest absolute Gasteiger partial charge is 0.465 e. The molecule has 0 amide bonds. The average Bonchev–Trinajstić information content (AvgIpc) is 2.97. The second-order valence-electron chi connectivity index (χ2n) is 4.98. The van der Waals surface area contributed by atoms with Gasteiger partial charge >= 0.3 is 0 Å². The molecule has 6 nitrogen and oxygen atoms in total. The van der Waals surface area contributed by atoms with Crippen LogP contribution in [0.4, 0.5) is 0 Å². The topological polar surface area (TPSA) is 59.1 Å². The van der Waals surface area contributed by atoms with Crippen molar-refractivity contribution in [1.29, 1.82) is 0 Å². The number of rotatable bonds is 4. The van der Waals surface area contributed by atoms with Crippen molar-refractivity contribution in [3.8, 4) is 0 Å². The Hall–Kier alpha value is -1.66. The van der Waals surface area contributed by atoms with Crippen LogP contribution in [0.1, 0.15) is 22.9 Å². The van der Waals surface area contributed by atoms with Crippen molar-refractivity contribution in [2.75, 3.05) is 13.6 Å². The molecule has 0 unspecified atom stereocenters. The van der Waals surface area contributed by atoms with Crippen LogP contribution in [0.25, 0.3) is 0 Å². The Morgan fingerprint density at radius 1 is 1.42 bits per heavy atom. The molecule has 6 heteroatoms. The summed E-state index contributed by atoms with van der Waals surface area (Å²) in [6.07, 6.45) is 1.81. The van der Waals surface area contributed by atoms with E-state index in [9.17, 15) is 0 Å². The number of fused-ring (bicyclic) bond motifs is 1. The second-order valence-corrected chi connectivity index (χ2v) is 4.98. The summed E-state index contributed by atoms with van der Waals surface area (Å²) in [5, 5.41) is 11.2. The molecule has 0 saturated heterocycles. The van der Waals surface area contributed by atoms with Gasteiger partial charge in [-0.1, -0.05) is 0 Å². The Morgan fingerprint density at radius 2 is 2.32 bits per heavy atom. The molecule has 3 heterocycles. The van der Waals surface area contributed by atoms with Gasteiger partial charge in [-0.05, 0) is 20.0 Å². The standard InChI is InChI=1S/C13H19N5O/c1-10-11(5-12(19-10)6-14-2)7-17-3-4-18-9-15-16-13(18)8-17/h5,9,14H,3-4,6-8H2,1-2H3. The number of furan rings is 1. The maximum absolute atomic E-state index is 5.73. The van der Waals surface area contributed by atoms with Crippen LogP contribution in [0.2, 0.25) is 0 Å². The first-order chi connectivity index (χ1) is 9.26. The molecule has 0 bridgehead atoms. The Balaban J connectivity index is 1.69. The van der Waals surface area contributed by atoms with E-state index in [1.54, 1.807) is 6.33 Å². The first-order valence-corrected chi connectivity index (χ1v) is 6.58. The van der Waals surface area contributed by atoms with Crippen LogP contribution >= 0.6 is 0 Å². The molecule has 0 spiro atoms. The molecule has 0 saturated carbocycles. The van der Waals surface area contributed by atoms with E-state index >= 15 is 0 Å². The summed E-state index contributed by atoms with van der Waals surface area (Å²) in [6, 6.07) is 2.14. The van der Waals surface area contributed by atoms with Crippen molar-refractivity contribution in [3.63, 3.8) is 0 Å². The lowest BCUT2D eigenvalue weighted by Gasteiger charge is -2.26. The van der Waals surface area contributed by atoms with Crippen molar-refractivity contribution in [2.45, 2.75) is 33.1 Å². The molecule has 0 aromatic carbocycles. The minimum atomic E-state index is 0.773. The number of nitrogens with one attached hydrogen (secondary N) is 1. The van der Waals surface area contributed by atoms with Crippen molar-refractivity contribution >= 4 is 0 Å². The summed E-state index contributed by atoms with van der Waals surface area (Å²) in [5.74, 6) is 3.05. The number of hydrogen-bond donors (Lipinski definition) is 1. The monoisotopic (exact) mass is 261 g/mol. The summed E-state index contributed by atoms with van der Waals surface area (Å²) >= 11 is 0. The van der Waals surface area contributed by atoms with Gasteiger partial charge in [0.1, 0.15) is 23.7 Å². The predicted octanol–water partition coefficient (Wildman–Crippen LogP) is 0.915. The molecule has 19 heavy (non-hydrogen) atoms. The molecular formula is C13H19N5O. The van der Waals surface area contributed by atoms with Crippen LogP contribution in [-0.4, -0.2) is 33.3 Å². The first-order valence-electron chi connectivity index (χ1n) is 6.58. The van der Waals surface area contributed by atoms with E-state index in [0.29, 0.717) is 0 Å². The van der Waals surface area contributed by atoms with Gasteiger partial charge in [-0.25, -0.2) is 0 Å². The number of aryl methyl sites for hydroxylation is 1. The normalized spacial score (nSPS) is 15.7. The van der Waals surface area contributed by atoms with Gasteiger partial charge in [0.05, 0.1) is 13.1 Å². The second kappa shape index (κ2) is 5.14. The van der Waals surface area contributed by atoms with Crippen LogP contribution in [0.15, 0.2) is 16.8 Å². The van der Waals surface area contributed by atoms with Gasteiger partial charge in [0.2, 0.25) is 0 Å². The smallest absolute Gasteiger partial charge is 0.147 e. The summed E-state index contributed by atoms with van der Waals surface area (Å²) in [4.78, 5) is 2.38. The van der Waals surface area contributed by atoms with Crippen LogP contribution in [0.5, 0.6) is 0 Å². The lowest BCUT2D eigenvalue weighted by atomic mass is 10.2. The predicted molar refractivity (Wildman–Crippen MR) is 70.3 cm³/mol. The zero-order valence-corrected chi connectivity index (χ0v) is 11.4. The minimum Gasteiger partial charge on any atom is -0.465 e. The summed E-state index contributed by atoms with van der Waals surface area (Å²) < 4.78 is 7.84. The Morgan fingerprint density at radius 3 is 3.16 bits per heavy atom. The Bertz CT molecular complexity index is 559. The molecular weight excluding hydrogens is 242 g/mol. The minimum absolute atomic E-state index is 0.773. The first kappa shape index (κ1) is 12.4. The molecule has 2 aromatic rings. The zero-order chi connectivity index (χ0) is 13.2. The molecule has 2 aromatic heterocycles. The molecule has 0 fully saturated rings. The molecule has 0 radical (unpaired) electrons. The zero-order valence-electron chi connectivity index (χ0n) is 11.4. The third kappa shape index (κ3) is 2.54. The molecule has 0 atom stereocenters. The Labute approximate surface area is 112 Å².